The summed E-state index contributed by atoms with van der Waals surface area (Å²) in [4.78, 5) is 56.6. The highest BCUT2D eigenvalue weighted by atomic mass is 32.1. The molecule has 2 amide bonds. The van der Waals surface area contributed by atoms with Gasteiger partial charge in [0.2, 0.25) is 0 Å². The summed E-state index contributed by atoms with van der Waals surface area (Å²) in [5.41, 5.74) is 1.30. The van der Waals surface area contributed by atoms with Crippen molar-refractivity contribution in [3.8, 4) is 0 Å². The third-order valence-electron chi connectivity index (χ3n) is 5.25. The van der Waals surface area contributed by atoms with Gasteiger partial charge in [0.1, 0.15) is 10.6 Å². The zero-order valence-electron chi connectivity index (χ0n) is 20.6. The smallest absolute Gasteiger partial charge is 0.338 e. The highest BCUT2D eigenvalue weighted by molar-refractivity contribution is 7.19. The van der Waals surface area contributed by atoms with E-state index in [0.29, 0.717) is 29.1 Å². The van der Waals surface area contributed by atoms with E-state index in [9.17, 15) is 19.2 Å². The number of ether oxygens (including phenoxy) is 1. The number of para-hydroxylation sites is 1. The highest BCUT2D eigenvalue weighted by Gasteiger charge is 2.26. The molecular formula is C27H26N4O5S. The number of amides is 2. The van der Waals surface area contributed by atoms with Gasteiger partial charge >= 0.3 is 5.97 Å². The molecule has 0 aliphatic carbocycles. The molecule has 0 radical (unpaired) electrons. The minimum absolute atomic E-state index is 0.0525. The van der Waals surface area contributed by atoms with Gasteiger partial charge in [-0.1, -0.05) is 42.9 Å². The number of aromatic nitrogens is 2. The van der Waals surface area contributed by atoms with Crippen LogP contribution < -0.4 is 16.2 Å². The molecule has 0 aliphatic rings. The van der Waals surface area contributed by atoms with Gasteiger partial charge < -0.3 is 15.4 Å². The number of nitrogens with one attached hydrogen (secondary N) is 2. The maximum atomic E-state index is 13.4. The molecule has 0 spiro atoms. The number of rotatable bonds is 8. The molecule has 0 saturated heterocycles. The third-order valence-corrected chi connectivity index (χ3v) is 6.29. The SMILES string of the molecule is CCCc1cc(=O)n2c(C(=O)Nc3ccc(C(=O)OC(C)C)cc3)c(C(=O)Nc3ccccc3)sc2n1. The Bertz CT molecular complexity index is 1510. The van der Waals surface area contributed by atoms with E-state index in [4.69, 9.17) is 4.74 Å². The summed E-state index contributed by atoms with van der Waals surface area (Å²) >= 11 is 0.974. The van der Waals surface area contributed by atoms with Gasteiger partial charge in [0.05, 0.1) is 11.7 Å². The monoisotopic (exact) mass is 518 g/mol. The van der Waals surface area contributed by atoms with E-state index in [1.54, 1.807) is 50.2 Å². The van der Waals surface area contributed by atoms with Crippen LogP contribution in [0.15, 0.2) is 65.5 Å². The van der Waals surface area contributed by atoms with E-state index in [0.717, 1.165) is 22.2 Å². The highest BCUT2D eigenvalue weighted by Crippen LogP contribution is 2.24. The fourth-order valence-corrected chi connectivity index (χ4v) is 4.68. The summed E-state index contributed by atoms with van der Waals surface area (Å²) in [6, 6.07) is 16.4. The number of hydrogen-bond donors (Lipinski definition) is 2. The number of carbonyl (C=O) groups excluding carboxylic acids is 3. The first-order chi connectivity index (χ1) is 17.8. The number of hydrogen-bond acceptors (Lipinski definition) is 7. The Morgan fingerprint density at radius 1 is 0.973 bits per heavy atom. The van der Waals surface area contributed by atoms with Crippen molar-refractivity contribution in [1.29, 1.82) is 0 Å². The summed E-state index contributed by atoms with van der Waals surface area (Å²) in [5.74, 6) is -1.67. The molecule has 2 N–H and O–H groups in total. The van der Waals surface area contributed by atoms with Gasteiger partial charge in [0.15, 0.2) is 4.96 Å². The molecule has 9 nitrogen and oxygen atoms in total. The Hall–Kier alpha value is -4.31. The summed E-state index contributed by atoms with van der Waals surface area (Å²) in [5, 5.41) is 5.49. The number of nitrogens with zero attached hydrogens (tertiary/aromatic N) is 2. The lowest BCUT2D eigenvalue weighted by Crippen LogP contribution is -2.25. The average molecular weight is 519 g/mol. The van der Waals surface area contributed by atoms with Gasteiger partial charge in [-0.3, -0.25) is 14.4 Å². The molecule has 4 aromatic rings. The lowest BCUT2D eigenvalue weighted by molar-refractivity contribution is 0.0377. The molecule has 0 bridgehead atoms. The van der Waals surface area contributed by atoms with E-state index in [1.807, 2.05) is 13.0 Å². The van der Waals surface area contributed by atoms with Crippen LogP contribution in [0.1, 0.15) is 63.4 Å². The zero-order valence-corrected chi connectivity index (χ0v) is 21.4. The predicted molar refractivity (Wildman–Crippen MR) is 143 cm³/mol. The fourth-order valence-electron chi connectivity index (χ4n) is 3.64. The molecule has 0 saturated carbocycles. The van der Waals surface area contributed by atoms with Gasteiger partial charge in [-0.15, -0.1) is 0 Å². The van der Waals surface area contributed by atoms with Crippen molar-refractivity contribution in [3.63, 3.8) is 0 Å². The normalized spacial score (nSPS) is 10.9. The van der Waals surface area contributed by atoms with Gasteiger partial charge in [-0.2, -0.15) is 0 Å². The Labute approximate surface area is 217 Å². The Balaban J connectivity index is 1.70. The fraction of sp³-hybridized carbons (Fsp3) is 0.222. The van der Waals surface area contributed by atoms with E-state index >= 15 is 0 Å². The zero-order chi connectivity index (χ0) is 26.5. The van der Waals surface area contributed by atoms with Crippen LogP contribution >= 0.6 is 11.3 Å². The van der Waals surface area contributed by atoms with E-state index in [1.165, 1.54) is 18.2 Å². The first kappa shape index (κ1) is 25.8. The minimum Gasteiger partial charge on any atom is -0.459 e. The number of thiazole rings is 1. The lowest BCUT2D eigenvalue weighted by atomic mass is 10.2. The molecule has 0 unspecified atom stereocenters. The van der Waals surface area contributed by atoms with Crippen molar-refractivity contribution in [2.24, 2.45) is 0 Å². The molecule has 37 heavy (non-hydrogen) atoms. The van der Waals surface area contributed by atoms with Crippen LogP contribution in [0.5, 0.6) is 0 Å². The van der Waals surface area contributed by atoms with Gasteiger partial charge in [0.25, 0.3) is 17.4 Å². The second kappa shape index (κ2) is 11.2. The van der Waals surface area contributed by atoms with E-state index in [2.05, 4.69) is 15.6 Å². The Morgan fingerprint density at radius 3 is 2.27 bits per heavy atom. The number of anilines is 2. The predicted octanol–water partition coefficient (Wildman–Crippen LogP) is 4.78. The molecule has 2 aromatic carbocycles. The quantitative estimate of drug-likeness (QED) is 0.324. The van der Waals surface area contributed by atoms with Crippen LogP contribution in [-0.2, 0) is 11.2 Å². The van der Waals surface area contributed by atoms with Crippen LogP contribution in [0, 0.1) is 0 Å². The lowest BCUT2D eigenvalue weighted by Gasteiger charge is -2.10. The minimum atomic E-state index is -0.658. The van der Waals surface area contributed by atoms with Crippen LogP contribution in [0.4, 0.5) is 11.4 Å². The van der Waals surface area contributed by atoms with Crippen molar-refractivity contribution in [2.45, 2.75) is 39.7 Å². The number of aryl methyl sites for hydroxylation is 1. The second-order valence-corrected chi connectivity index (χ2v) is 9.52. The van der Waals surface area contributed by atoms with Crippen LogP contribution in [0.3, 0.4) is 0 Å². The van der Waals surface area contributed by atoms with Gasteiger partial charge in [0, 0.05) is 23.1 Å². The molecule has 2 aromatic heterocycles. The number of esters is 1. The number of fused-ring (bicyclic) bond motifs is 1. The Kier molecular flexibility index (Phi) is 7.78. The topological polar surface area (TPSA) is 119 Å². The van der Waals surface area contributed by atoms with Crippen LogP contribution in [0.2, 0.25) is 0 Å². The first-order valence-corrected chi connectivity index (χ1v) is 12.6. The molecule has 0 aliphatic heterocycles. The van der Waals surface area contributed by atoms with Crippen LogP contribution in [0.25, 0.3) is 4.96 Å². The van der Waals surface area contributed by atoms with Crippen molar-refractivity contribution >= 4 is 45.5 Å². The van der Waals surface area contributed by atoms with E-state index in [-0.39, 0.29) is 21.6 Å². The largest absolute Gasteiger partial charge is 0.459 e. The van der Waals surface area contributed by atoms with Crippen molar-refractivity contribution < 1.29 is 19.1 Å². The second-order valence-electron chi connectivity index (χ2n) is 8.54. The summed E-state index contributed by atoms with van der Waals surface area (Å²) in [6.45, 7) is 5.49. The summed E-state index contributed by atoms with van der Waals surface area (Å²) < 4.78 is 6.34. The number of carbonyl (C=O) groups is 3. The standard InChI is InChI=1S/C27H26N4O5S/c1-4-8-20-15-21(32)31-22(23(37-27(31)30-20)25(34)29-18-9-6-5-7-10-18)24(33)28-19-13-11-17(12-14-19)26(35)36-16(2)3/h5-7,9-16H,4,8H2,1-3H3,(H,28,33)(H,29,34). The molecule has 0 atom stereocenters. The molecular weight excluding hydrogens is 492 g/mol. The summed E-state index contributed by atoms with van der Waals surface area (Å²) in [6.07, 6.45) is 1.13. The third kappa shape index (κ3) is 5.92. The molecule has 0 fully saturated rings. The molecule has 4 rings (SSSR count). The van der Waals surface area contributed by atoms with Crippen molar-refractivity contribution in [3.05, 3.63) is 92.8 Å². The van der Waals surface area contributed by atoms with Crippen molar-refractivity contribution in [1.82, 2.24) is 9.38 Å². The van der Waals surface area contributed by atoms with E-state index < -0.39 is 23.3 Å². The van der Waals surface area contributed by atoms with Crippen molar-refractivity contribution in [2.75, 3.05) is 10.6 Å². The Morgan fingerprint density at radius 2 is 1.62 bits per heavy atom. The van der Waals surface area contributed by atoms with Gasteiger partial charge in [-0.05, 0) is 56.7 Å². The number of benzene rings is 2. The molecule has 2 heterocycles. The average Bonchev–Trinajstić information content (AvgIpc) is 3.25. The first-order valence-electron chi connectivity index (χ1n) is 11.8. The maximum absolute atomic E-state index is 13.4. The molecule has 190 valence electrons. The summed E-state index contributed by atoms with van der Waals surface area (Å²) in [7, 11) is 0. The van der Waals surface area contributed by atoms with Crippen LogP contribution in [-0.4, -0.2) is 33.3 Å². The van der Waals surface area contributed by atoms with Gasteiger partial charge in [-0.25, -0.2) is 14.2 Å². The molecule has 10 heteroatoms. The maximum Gasteiger partial charge on any atom is 0.338 e.